The molecule has 0 aliphatic carbocycles. The van der Waals surface area contributed by atoms with Crippen molar-refractivity contribution in [3.05, 3.63) is 53.7 Å². The lowest BCUT2D eigenvalue weighted by molar-refractivity contribution is 0.0399. The number of nitrogen functional groups attached to an aromatic ring is 1. The van der Waals surface area contributed by atoms with Gasteiger partial charge in [0.15, 0.2) is 5.03 Å². The van der Waals surface area contributed by atoms with Crippen LogP contribution < -0.4 is 20.1 Å². The molecule has 1 saturated heterocycles. The zero-order valence-electron chi connectivity index (χ0n) is 25.3. The number of sulfonamides is 1. The quantitative estimate of drug-likeness (QED) is 0.272. The summed E-state index contributed by atoms with van der Waals surface area (Å²) in [7, 11) is -4.28. The second-order valence-corrected chi connectivity index (χ2v) is 12.8. The monoisotopic (exact) mass is 612 g/mol. The minimum Gasteiger partial charge on any atom is -0.475 e. The van der Waals surface area contributed by atoms with Gasteiger partial charge in [0.25, 0.3) is 15.9 Å². The number of hydrogen-bond donors (Lipinski definition) is 2. The van der Waals surface area contributed by atoms with E-state index in [0.29, 0.717) is 62.9 Å². The normalized spacial score (nSPS) is 16.3. The number of amides is 1. The average molecular weight is 613 g/mol. The molecule has 4 heterocycles. The van der Waals surface area contributed by atoms with E-state index in [4.69, 9.17) is 24.9 Å². The summed E-state index contributed by atoms with van der Waals surface area (Å²) in [5.41, 5.74) is 7.54. The maximum Gasteiger partial charge on any atom is 0.281 e. The van der Waals surface area contributed by atoms with Gasteiger partial charge in [0.05, 0.1) is 31.1 Å². The van der Waals surface area contributed by atoms with E-state index in [0.717, 1.165) is 17.7 Å². The van der Waals surface area contributed by atoms with Crippen LogP contribution in [0.2, 0.25) is 0 Å². The van der Waals surface area contributed by atoms with Crippen molar-refractivity contribution in [3.63, 3.8) is 0 Å². The van der Waals surface area contributed by atoms with Gasteiger partial charge in [0.2, 0.25) is 5.88 Å². The topological polar surface area (TPSA) is 159 Å². The van der Waals surface area contributed by atoms with E-state index in [1.54, 1.807) is 18.2 Å². The van der Waals surface area contributed by atoms with Crippen LogP contribution in [0.1, 0.15) is 50.2 Å². The predicted octanol–water partition coefficient (Wildman–Crippen LogP) is 3.60. The largest absolute Gasteiger partial charge is 0.475 e. The Morgan fingerprint density at radius 2 is 1.81 bits per heavy atom. The second kappa shape index (κ2) is 13.7. The van der Waals surface area contributed by atoms with Crippen LogP contribution in [0.15, 0.2) is 47.5 Å². The van der Waals surface area contributed by atoms with Gasteiger partial charge in [-0.05, 0) is 70.4 Å². The lowest BCUT2D eigenvalue weighted by atomic mass is 9.97. The number of nitrogens with one attached hydrogen (secondary N) is 1. The van der Waals surface area contributed by atoms with Gasteiger partial charge in [-0.2, -0.15) is 8.42 Å². The van der Waals surface area contributed by atoms with Gasteiger partial charge in [0, 0.05) is 36.0 Å². The molecule has 232 valence electrons. The Labute approximate surface area is 253 Å². The molecule has 13 heteroatoms. The lowest BCUT2D eigenvalue weighted by Gasteiger charge is -2.34. The third-order valence-corrected chi connectivity index (χ3v) is 8.21. The lowest BCUT2D eigenvalue weighted by Crippen LogP contribution is -2.41. The fourth-order valence-electron chi connectivity index (χ4n) is 5.19. The van der Waals surface area contributed by atoms with Crippen molar-refractivity contribution in [1.29, 1.82) is 0 Å². The SMILES string of the molecule is CCOCCOCCOc1cc(-c2ccc(C(=O)NS(=O)(=O)c3cccc(N)n3)c(N3C[C@@H](C)CC3(C)C)n2)cc(C)n1. The number of carbonyl (C=O) groups is 1. The molecule has 0 radical (unpaired) electrons. The molecule has 3 aromatic rings. The Balaban J connectivity index is 1.63. The van der Waals surface area contributed by atoms with Crippen LogP contribution in [0.3, 0.4) is 0 Å². The molecule has 0 unspecified atom stereocenters. The molecule has 1 atom stereocenters. The smallest absolute Gasteiger partial charge is 0.281 e. The third-order valence-electron chi connectivity index (χ3n) is 6.98. The minimum absolute atomic E-state index is 0.0277. The minimum atomic E-state index is -4.28. The van der Waals surface area contributed by atoms with Crippen LogP contribution in [0.25, 0.3) is 11.3 Å². The second-order valence-electron chi connectivity index (χ2n) is 11.1. The van der Waals surface area contributed by atoms with E-state index in [-0.39, 0.29) is 21.9 Å². The fraction of sp³-hybridized carbons (Fsp3) is 0.467. The molecular weight excluding hydrogens is 572 g/mol. The molecule has 3 aromatic heterocycles. The molecule has 0 spiro atoms. The molecule has 1 aliphatic rings. The van der Waals surface area contributed by atoms with E-state index in [2.05, 4.69) is 40.4 Å². The number of nitrogens with zero attached hydrogens (tertiary/aromatic N) is 4. The van der Waals surface area contributed by atoms with Crippen molar-refractivity contribution in [2.75, 3.05) is 50.2 Å². The molecule has 43 heavy (non-hydrogen) atoms. The molecule has 3 N–H and O–H groups in total. The molecule has 1 aliphatic heterocycles. The van der Waals surface area contributed by atoms with Crippen LogP contribution in [-0.2, 0) is 19.5 Å². The number of pyridine rings is 3. The molecule has 12 nitrogen and oxygen atoms in total. The number of nitrogens with two attached hydrogens (primary N) is 1. The van der Waals surface area contributed by atoms with Crippen molar-refractivity contribution in [3.8, 4) is 17.1 Å². The van der Waals surface area contributed by atoms with Crippen molar-refractivity contribution >= 4 is 27.6 Å². The number of anilines is 2. The first kappa shape index (κ1) is 32.1. The highest BCUT2D eigenvalue weighted by Crippen LogP contribution is 2.38. The van der Waals surface area contributed by atoms with Crippen LogP contribution in [0, 0.1) is 12.8 Å². The Kier molecular flexibility index (Phi) is 10.2. The van der Waals surface area contributed by atoms with Crippen molar-refractivity contribution in [2.45, 2.75) is 51.6 Å². The maximum atomic E-state index is 13.5. The molecule has 1 amide bonds. The summed E-state index contributed by atoms with van der Waals surface area (Å²) in [6.07, 6.45) is 0.879. The Morgan fingerprint density at radius 1 is 1.07 bits per heavy atom. The number of carbonyl (C=O) groups excluding carboxylic acids is 1. The van der Waals surface area contributed by atoms with Gasteiger partial charge in [0.1, 0.15) is 18.2 Å². The third kappa shape index (κ3) is 8.18. The zero-order chi connectivity index (χ0) is 31.2. The molecule has 1 fully saturated rings. The van der Waals surface area contributed by atoms with E-state index in [1.165, 1.54) is 18.2 Å². The van der Waals surface area contributed by atoms with Gasteiger partial charge in [-0.3, -0.25) is 4.79 Å². The Hall–Kier alpha value is -3.81. The van der Waals surface area contributed by atoms with Crippen molar-refractivity contribution < 1.29 is 27.4 Å². The number of aromatic nitrogens is 3. The van der Waals surface area contributed by atoms with Crippen molar-refractivity contribution in [1.82, 2.24) is 19.7 Å². The van der Waals surface area contributed by atoms with Crippen LogP contribution in [0.5, 0.6) is 5.88 Å². The van der Waals surface area contributed by atoms with E-state index in [9.17, 15) is 13.2 Å². The standard InChI is InChI=1S/C30H40N6O6S/c1-6-40-12-13-41-14-15-42-26-17-22(16-21(3)32-26)24-11-10-23(28(33-24)36-19-20(2)18-30(36,4)5)29(37)35-43(38,39)27-9-7-8-25(31)34-27/h7-11,16-17,20H,6,12-15,18-19H2,1-5H3,(H2,31,34)(H,35,37)/t20-/m0/s1. The molecule has 0 aromatic carbocycles. The first-order valence-electron chi connectivity index (χ1n) is 14.3. The summed E-state index contributed by atoms with van der Waals surface area (Å²) in [6, 6.07) is 11.1. The number of rotatable bonds is 13. The van der Waals surface area contributed by atoms with Gasteiger partial charge in [-0.25, -0.2) is 19.7 Å². The predicted molar refractivity (Wildman–Crippen MR) is 164 cm³/mol. The number of aryl methyl sites for hydroxylation is 1. The molecular formula is C30H40N6O6S. The van der Waals surface area contributed by atoms with E-state index >= 15 is 0 Å². The van der Waals surface area contributed by atoms with Crippen LogP contribution in [-0.4, -0.2) is 74.4 Å². The number of hydrogen-bond acceptors (Lipinski definition) is 11. The van der Waals surface area contributed by atoms with Crippen molar-refractivity contribution in [2.24, 2.45) is 5.92 Å². The van der Waals surface area contributed by atoms with E-state index < -0.39 is 15.9 Å². The highest BCUT2D eigenvalue weighted by Gasteiger charge is 2.39. The first-order chi connectivity index (χ1) is 20.4. The summed E-state index contributed by atoms with van der Waals surface area (Å²) < 4.78 is 44.8. The summed E-state index contributed by atoms with van der Waals surface area (Å²) in [5, 5.41) is -0.346. The number of ether oxygens (including phenoxy) is 3. The summed E-state index contributed by atoms with van der Waals surface area (Å²) in [4.78, 5) is 28.8. The summed E-state index contributed by atoms with van der Waals surface area (Å²) >= 11 is 0. The maximum absolute atomic E-state index is 13.5. The van der Waals surface area contributed by atoms with E-state index in [1.807, 2.05) is 19.9 Å². The van der Waals surface area contributed by atoms with Gasteiger partial charge in [-0.15, -0.1) is 0 Å². The highest BCUT2D eigenvalue weighted by molar-refractivity contribution is 7.90. The first-order valence-corrected chi connectivity index (χ1v) is 15.7. The summed E-state index contributed by atoms with van der Waals surface area (Å²) in [6.45, 7) is 13.1. The molecule has 0 bridgehead atoms. The van der Waals surface area contributed by atoms with Gasteiger partial charge in [-0.1, -0.05) is 13.0 Å². The zero-order valence-corrected chi connectivity index (χ0v) is 26.1. The van der Waals surface area contributed by atoms with Gasteiger partial charge < -0.3 is 24.8 Å². The highest BCUT2D eigenvalue weighted by atomic mass is 32.2. The molecule has 4 rings (SSSR count). The Morgan fingerprint density at radius 3 is 2.51 bits per heavy atom. The van der Waals surface area contributed by atoms with Crippen LogP contribution in [0.4, 0.5) is 11.6 Å². The summed E-state index contributed by atoms with van der Waals surface area (Å²) in [5.74, 6) is 0.368. The molecule has 0 saturated carbocycles. The van der Waals surface area contributed by atoms with Crippen LogP contribution >= 0.6 is 0 Å². The van der Waals surface area contributed by atoms with Gasteiger partial charge >= 0.3 is 0 Å². The average Bonchev–Trinajstić information content (AvgIpc) is 3.23. The fourth-order valence-corrected chi connectivity index (χ4v) is 6.13. The Bertz CT molecular complexity index is 1550.